The molecule has 100 valence electrons. The largest absolute Gasteiger partial charge is 0.390 e. The van der Waals surface area contributed by atoms with Crippen LogP contribution in [0.4, 0.5) is 8.78 Å². The molecule has 2 rings (SSSR count). The van der Waals surface area contributed by atoms with Crippen molar-refractivity contribution in [3.63, 3.8) is 0 Å². The molecule has 1 saturated carbocycles. The van der Waals surface area contributed by atoms with Crippen LogP contribution in [0.15, 0.2) is 18.2 Å². The molecule has 0 aromatic heterocycles. The molecule has 0 aliphatic heterocycles. The third-order valence-corrected chi connectivity index (χ3v) is 3.79. The summed E-state index contributed by atoms with van der Waals surface area (Å²) >= 11 is 0. The molecule has 2 unspecified atom stereocenters. The van der Waals surface area contributed by atoms with E-state index in [0.717, 1.165) is 18.6 Å². The maximum absolute atomic E-state index is 13.6. The van der Waals surface area contributed by atoms with Crippen LogP contribution in [0.3, 0.4) is 0 Å². The Morgan fingerprint density at radius 2 is 1.83 bits per heavy atom. The summed E-state index contributed by atoms with van der Waals surface area (Å²) in [7, 11) is 0. The van der Waals surface area contributed by atoms with Crippen LogP contribution in [0.25, 0.3) is 0 Å². The molecule has 0 heterocycles. The second-order valence-electron chi connectivity index (χ2n) is 5.99. The summed E-state index contributed by atoms with van der Waals surface area (Å²) in [5.74, 6) is -0.0339. The van der Waals surface area contributed by atoms with Gasteiger partial charge in [0, 0.05) is 6.42 Å². The van der Waals surface area contributed by atoms with E-state index in [-0.39, 0.29) is 12.0 Å². The quantitative estimate of drug-likeness (QED) is 0.853. The zero-order valence-corrected chi connectivity index (χ0v) is 10.9. The summed E-state index contributed by atoms with van der Waals surface area (Å²) in [4.78, 5) is 0. The Kier molecular flexibility index (Phi) is 3.71. The molecular weight excluding hydrogens is 234 g/mol. The smallest absolute Gasteiger partial charge is 0.126 e. The first kappa shape index (κ1) is 13.5. The van der Waals surface area contributed by atoms with Gasteiger partial charge >= 0.3 is 0 Å². The van der Waals surface area contributed by atoms with Crippen LogP contribution < -0.4 is 0 Å². The van der Waals surface area contributed by atoms with E-state index in [9.17, 15) is 13.9 Å². The van der Waals surface area contributed by atoms with Gasteiger partial charge in [0.1, 0.15) is 11.6 Å². The summed E-state index contributed by atoms with van der Waals surface area (Å²) in [5, 5.41) is 10.6. The van der Waals surface area contributed by atoms with Crippen molar-refractivity contribution in [3.05, 3.63) is 35.4 Å². The zero-order chi connectivity index (χ0) is 13.3. The van der Waals surface area contributed by atoms with Gasteiger partial charge in [-0.2, -0.15) is 0 Å². The summed E-state index contributed by atoms with van der Waals surface area (Å²) in [5.41, 5.74) is -0.620. The Bertz CT molecular complexity index is 421. The number of rotatable bonds is 2. The molecule has 3 heteroatoms. The van der Waals surface area contributed by atoms with Crippen LogP contribution in [0.2, 0.25) is 0 Å². The average Bonchev–Trinajstić information content (AvgIpc) is 2.21. The van der Waals surface area contributed by atoms with Gasteiger partial charge in [-0.05, 0) is 54.9 Å². The average molecular weight is 254 g/mol. The monoisotopic (exact) mass is 254 g/mol. The van der Waals surface area contributed by atoms with Crippen molar-refractivity contribution in [3.8, 4) is 0 Å². The molecule has 0 saturated heterocycles. The van der Waals surface area contributed by atoms with E-state index in [4.69, 9.17) is 0 Å². The highest BCUT2D eigenvalue weighted by Gasteiger charge is 2.36. The van der Waals surface area contributed by atoms with Crippen LogP contribution in [0, 0.1) is 23.5 Å². The Balaban J connectivity index is 2.18. The highest BCUT2D eigenvalue weighted by Crippen LogP contribution is 2.38. The third-order valence-electron chi connectivity index (χ3n) is 3.79. The Morgan fingerprint density at radius 1 is 1.22 bits per heavy atom. The predicted molar refractivity (Wildman–Crippen MR) is 67.2 cm³/mol. The normalized spacial score (nSPS) is 32.5. The van der Waals surface area contributed by atoms with Crippen LogP contribution in [-0.2, 0) is 6.42 Å². The lowest BCUT2D eigenvalue weighted by Crippen LogP contribution is -2.40. The lowest BCUT2D eigenvalue weighted by atomic mass is 9.71. The fourth-order valence-electron chi connectivity index (χ4n) is 3.41. The van der Waals surface area contributed by atoms with Gasteiger partial charge in [0.15, 0.2) is 0 Å². The molecule has 1 aliphatic carbocycles. The van der Waals surface area contributed by atoms with Crippen molar-refractivity contribution in [1.29, 1.82) is 0 Å². The Morgan fingerprint density at radius 3 is 2.44 bits per heavy atom. The second-order valence-corrected chi connectivity index (χ2v) is 5.99. The molecule has 1 aliphatic rings. The standard InChI is InChI=1S/C15H20F2O/c1-10-5-11(2)8-15(18,7-10)9-12-6-13(16)3-4-14(12)17/h3-4,6,10-11,18H,5,7-9H2,1-2H3. The number of benzene rings is 1. The molecule has 0 radical (unpaired) electrons. The fourth-order valence-corrected chi connectivity index (χ4v) is 3.41. The summed E-state index contributed by atoms with van der Waals surface area (Å²) in [6.45, 7) is 4.20. The van der Waals surface area contributed by atoms with Crippen molar-refractivity contribution < 1.29 is 13.9 Å². The summed E-state index contributed by atoms with van der Waals surface area (Å²) < 4.78 is 26.7. The third kappa shape index (κ3) is 3.08. The molecule has 0 amide bonds. The second kappa shape index (κ2) is 4.96. The molecule has 0 bridgehead atoms. The zero-order valence-electron chi connectivity index (χ0n) is 10.9. The molecule has 2 atom stereocenters. The Labute approximate surface area is 107 Å². The van der Waals surface area contributed by atoms with Crippen LogP contribution in [-0.4, -0.2) is 10.7 Å². The van der Waals surface area contributed by atoms with Gasteiger partial charge in [-0.15, -0.1) is 0 Å². The lowest BCUT2D eigenvalue weighted by molar-refractivity contribution is -0.0310. The topological polar surface area (TPSA) is 20.2 Å². The molecule has 18 heavy (non-hydrogen) atoms. The minimum atomic E-state index is -0.897. The SMILES string of the molecule is CC1CC(C)CC(O)(Cc2cc(F)ccc2F)C1. The summed E-state index contributed by atoms with van der Waals surface area (Å²) in [6, 6.07) is 3.43. The van der Waals surface area contributed by atoms with E-state index in [1.165, 1.54) is 6.07 Å². The van der Waals surface area contributed by atoms with Crippen molar-refractivity contribution >= 4 is 0 Å². The number of halogens is 2. The minimum absolute atomic E-state index is 0.200. The van der Waals surface area contributed by atoms with Gasteiger partial charge in [0.25, 0.3) is 0 Å². The Hall–Kier alpha value is -0.960. The molecular formula is C15H20F2O. The van der Waals surface area contributed by atoms with E-state index < -0.39 is 17.2 Å². The van der Waals surface area contributed by atoms with Crippen LogP contribution in [0.5, 0.6) is 0 Å². The fraction of sp³-hybridized carbons (Fsp3) is 0.600. The highest BCUT2D eigenvalue weighted by atomic mass is 19.1. The van der Waals surface area contributed by atoms with E-state index in [1.807, 2.05) is 0 Å². The van der Waals surface area contributed by atoms with Crippen molar-refractivity contribution in [1.82, 2.24) is 0 Å². The maximum Gasteiger partial charge on any atom is 0.126 e. The first-order valence-corrected chi connectivity index (χ1v) is 6.54. The molecule has 1 N–H and O–H groups in total. The van der Waals surface area contributed by atoms with Gasteiger partial charge in [0.2, 0.25) is 0 Å². The molecule has 1 fully saturated rings. The van der Waals surface area contributed by atoms with Gasteiger partial charge in [0.05, 0.1) is 5.60 Å². The molecule has 1 aromatic rings. The molecule has 1 nitrogen and oxygen atoms in total. The van der Waals surface area contributed by atoms with E-state index in [0.29, 0.717) is 24.7 Å². The van der Waals surface area contributed by atoms with Crippen molar-refractivity contribution in [2.24, 2.45) is 11.8 Å². The number of aliphatic hydroxyl groups is 1. The maximum atomic E-state index is 13.6. The van der Waals surface area contributed by atoms with E-state index >= 15 is 0 Å². The van der Waals surface area contributed by atoms with Gasteiger partial charge < -0.3 is 5.11 Å². The van der Waals surface area contributed by atoms with E-state index in [1.54, 1.807) is 0 Å². The van der Waals surface area contributed by atoms with Crippen LogP contribution in [0.1, 0.15) is 38.7 Å². The van der Waals surface area contributed by atoms with E-state index in [2.05, 4.69) is 13.8 Å². The molecule has 1 aromatic carbocycles. The van der Waals surface area contributed by atoms with Crippen molar-refractivity contribution in [2.45, 2.75) is 45.1 Å². The van der Waals surface area contributed by atoms with Gasteiger partial charge in [-0.1, -0.05) is 13.8 Å². The lowest BCUT2D eigenvalue weighted by Gasteiger charge is -2.39. The first-order chi connectivity index (χ1) is 8.38. The number of hydrogen-bond acceptors (Lipinski definition) is 1. The van der Waals surface area contributed by atoms with Crippen molar-refractivity contribution in [2.75, 3.05) is 0 Å². The van der Waals surface area contributed by atoms with Gasteiger partial charge in [-0.3, -0.25) is 0 Å². The number of hydrogen-bond donors (Lipinski definition) is 1. The summed E-state index contributed by atoms with van der Waals surface area (Å²) in [6.07, 6.45) is 2.61. The molecule has 0 spiro atoms. The minimum Gasteiger partial charge on any atom is -0.390 e. The highest BCUT2D eigenvalue weighted by molar-refractivity contribution is 5.21. The first-order valence-electron chi connectivity index (χ1n) is 6.54. The predicted octanol–water partition coefficient (Wildman–Crippen LogP) is 3.69. The van der Waals surface area contributed by atoms with Crippen LogP contribution >= 0.6 is 0 Å². The van der Waals surface area contributed by atoms with Gasteiger partial charge in [-0.25, -0.2) is 8.78 Å².